The van der Waals surface area contributed by atoms with Crippen LogP contribution in [-0.2, 0) is 6.61 Å². The van der Waals surface area contributed by atoms with Gasteiger partial charge >= 0.3 is 5.97 Å². The highest BCUT2D eigenvalue weighted by atomic mass is 16.4. The van der Waals surface area contributed by atoms with Crippen molar-refractivity contribution in [1.29, 1.82) is 0 Å². The minimum Gasteiger partial charge on any atom is -0.506 e. The smallest absolute Gasteiger partial charge is 0.356 e. The van der Waals surface area contributed by atoms with Gasteiger partial charge in [-0.1, -0.05) is 0 Å². The third-order valence-electron chi connectivity index (χ3n) is 2.04. The molecule has 0 saturated heterocycles. The molecule has 2 heterocycles. The van der Waals surface area contributed by atoms with Gasteiger partial charge in [-0.15, -0.1) is 0 Å². The molecule has 0 unspecified atom stereocenters. The van der Waals surface area contributed by atoms with Crippen LogP contribution in [0.15, 0.2) is 18.3 Å². The summed E-state index contributed by atoms with van der Waals surface area (Å²) < 4.78 is 1.35. The number of imidazole rings is 1. The minimum atomic E-state index is -1.17. The van der Waals surface area contributed by atoms with E-state index in [0.717, 1.165) is 0 Å². The fourth-order valence-electron chi connectivity index (χ4n) is 1.41. The predicted molar refractivity (Wildman–Crippen MR) is 49.7 cm³/mol. The van der Waals surface area contributed by atoms with Crippen LogP contribution in [0.3, 0.4) is 0 Å². The lowest BCUT2D eigenvalue weighted by atomic mass is 10.3. The van der Waals surface area contributed by atoms with Crippen molar-refractivity contribution in [3.63, 3.8) is 0 Å². The highest BCUT2D eigenvalue weighted by Crippen LogP contribution is 2.17. The molecular weight excluding hydrogens is 200 g/mol. The SMILES string of the molecule is O=C(O)c1nc(CO)n2cc(O)ccc12. The Morgan fingerprint density at radius 2 is 2.20 bits per heavy atom. The van der Waals surface area contributed by atoms with Crippen LogP contribution in [0, 0.1) is 0 Å². The van der Waals surface area contributed by atoms with E-state index in [1.807, 2.05) is 0 Å². The van der Waals surface area contributed by atoms with E-state index < -0.39 is 12.6 Å². The first-order chi connectivity index (χ1) is 7.13. The van der Waals surface area contributed by atoms with Gasteiger partial charge in [0.05, 0.1) is 11.7 Å². The van der Waals surface area contributed by atoms with Crippen LogP contribution in [-0.4, -0.2) is 30.7 Å². The molecule has 0 saturated carbocycles. The average Bonchev–Trinajstić information content (AvgIpc) is 2.55. The Hall–Kier alpha value is -2.08. The summed E-state index contributed by atoms with van der Waals surface area (Å²) >= 11 is 0. The number of nitrogens with zero attached hydrogens (tertiary/aromatic N) is 2. The van der Waals surface area contributed by atoms with E-state index in [1.54, 1.807) is 0 Å². The molecule has 0 bridgehead atoms. The molecule has 0 spiro atoms. The number of carboxylic acids is 1. The second-order valence-electron chi connectivity index (χ2n) is 2.98. The monoisotopic (exact) mass is 208 g/mol. The van der Waals surface area contributed by atoms with Crippen molar-refractivity contribution >= 4 is 11.5 Å². The van der Waals surface area contributed by atoms with Crippen LogP contribution < -0.4 is 0 Å². The Balaban J connectivity index is 2.81. The van der Waals surface area contributed by atoms with Crippen molar-refractivity contribution in [3.05, 3.63) is 29.8 Å². The molecule has 3 N–H and O–H groups in total. The van der Waals surface area contributed by atoms with Gasteiger partial charge in [-0.3, -0.25) is 4.40 Å². The zero-order valence-electron chi connectivity index (χ0n) is 7.58. The molecule has 0 aliphatic rings. The second-order valence-corrected chi connectivity index (χ2v) is 2.98. The highest BCUT2D eigenvalue weighted by Gasteiger charge is 2.15. The fourth-order valence-corrected chi connectivity index (χ4v) is 1.41. The van der Waals surface area contributed by atoms with Crippen LogP contribution in [0.2, 0.25) is 0 Å². The molecule has 0 aromatic carbocycles. The topological polar surface area (TPSA) is 95.1 Å². The van der Waals surface area contributed by atoms with Gasteiger partial charge in [-0.2, -0.15) is 0 Å². The molecule has 6 heteroatoms. The number of aliphatic hydroxyl groups is 1. The Morgan fingerprint density at radius 1 is 1.47 bits per heavy atom. The summed E-state index contributed by atoms with van der Waals surface area (Å²) in [5.41, 5.74) is 0.198. The van der Waals surface area contributed by atoms with Gasteiger partial charge in [0.25, 0.3) is 0 Å². The number of pyridine rings is 1. The number of aliphatic hydroxyl groups excluding tert-OH is 1. The number of rotatable bonds is 2. The van der Waals surface area contributed by atoms with Crippen LogP contribution in [0.4, 0.5) is 0 Å². The number of hydrogen-bond donors (Lipinski definition) is 3. The lowest BCUT2D eigenvalue weighted by molar-refractivity contribution is 0.0693. The molecule has 0 amide bonds. The normalized spacial score (nSPS) is 10.7. The van der Waals surface area contributed by atoms with E-state index in [4.69, 9.17) is 10.2 Å². The standard InChI is InChI=1S/C9H8N2O4/c12-4-7-10-8(9(14)15)6-2-1-5(13)3-11(6)7/h1-3,12-13H,4H2,(H,14,15). The third kappa shape index (κ3) is 1.40. The van der Waals surface area contributed by atoms with Crippen LogP contribution in [0.1, 0.15) is 16.3 Å². The summed E-state index contributed by atoms with van der Waals surface area (Å²) in [6, 6.07) is 2.80. The molecule has 2 aromatic rings. The molecule has 0 aliphatic carbocycles. The molecule has 2 rings (SSSR count). The summed E-state index contributed by atoms with van der Waals surface area (Å²) in [5, 5.41) is 27.0. The summed E-state index contributed by atoms with van der Waals surface area (Å²) in [6.45, 7) is -0.391. The van der Waals surface area contributed by atoms with E-state index in [2.05, 4.69) is 4.98 Å². The number of fused-ring (bicyclic) bond motifs is 1. The molecule has 6 nitrogen and oxygen atoms in total. The van der Waals surface area contributed by atoms with Crippen LogP contribution >= 0.6 is 0 Å². The summed E-state index contributed by atoms with van der Waals surface area (Å²) in [7, 11) is 0. The number of aromatic carboxylic acids is 1. The number of aromatic nitrogens is 2. The largest absolute Gasteiger partial charge is 0.506 e. The summed E-state index contributed by atoms with van der Waals surface area (Å²) in [6.07, 6.45) is 1.31. The molecule has 2 aromatic heterocycles. The minimum absolute atomic E-state index is 0.0217. The Labute approximate surface area is 84.0 Å². The van der Waals surface area contributed by atoms with Gasteiger partial charge in [0.1, 0.15) is 18.2 Å². The zero-order chi connectivity index (χ0) is 11.0. The maximum atomic E-state index is 10.8. The maximum absolute atomic E-state index is 10.8. The number of carbonyl (C=O) groups is 1. The van der Waals surface area contributed by atoms with Gasteiger partial charge < -0.3 is 15.3 Å². The van der Waals surface area contributed by atoms with E-state index in [-0.39, 0.29) is 17.3 Å². The first kappa shape index (κ1) is 9.47. The number of hydrogen-bond acceptors (Lipinski definition) is 4. The first-order valence-corrected chi connectivity index (χ1v) is 4.17. The predicted octanol–water partition coefficient (Wildman–Crippen LogP) is 0.230. The van der Waals surface area contributed by atoms with Crippen molar-refractivity contribution in [2.45, 2.75) is 6.61 Å². The maximum Gasteiger partial charge on any atom is 0.356 e. The number of carboxylic acid groups (broad SMARTS) is 1. The van der Waals surface area contributed by atoms with Crippen molar-refractivity contribution in [2.24, 2.45) is 0 Å². The first-order valence-electron chi connectivity index (χ1n) is 4.17. The van der Waals surface area contributed by atoms with E-state index in [0.29, 0.717) is 5.52 Å². The molecule has 0 fully saturated rings. The lowest BCUT2D eigenvalue weighted by Gasteiger charge is -1.98. The van der Waals surface area contributed by atoms with Gasteiger partial charge in [0.2, 0.25) is 0 Å². The molecular formula is C9H8N2O4. The summed E-state index contributed by atoms with van der Waals surface area (Å²) in [4.78, 5) is 14.6. The van der Waals surface area contributed by atoms with Crippen molar-refractivity contribution in [1.82, 2.24) is 9.38 Å². The molecule has 78 valence electrons. The van der Waals surface area contributed by atoms with E-state index >= 15 is 0 Å². The fraction of sp³-hybridized carbons (Fsp3) is 0.111. The van der Waals surface area contributed by atoms with Crippen LogP contribution in [0.5, 0.6) is 5.75 Å². The Bertz CT molecular complexity index is 532. The summed E-state index contributed by atoms with van der Waals surface area (Å²) in [5.74, 6) is -1.01. The van der Waals surface area contributed by atoms with E-state index in [9.17, 15) is 9.90 Å². The van der Waals surface area contributed by atoms with Crippen molar-refractivity contribution in [3.8, 4) is 5.75 Å². The van der Waals surface area contributed by atoms with E-state index in [1.165, 1.54) is 22.7 Å². The Kier molecular flexibility index (Phi) is 2.05. The number of aromatic hydroxyl groups is 1. The van der Waals surface area contributed by atoms with Gasteiger partial charge in [-0.25, -0.2) is 9.78 Å². The lowest BCUT2D eigenvalue weighted by Crippen LogP contribution is -1.97. The molecule has 0 radical (unpaired) electrons. The quantitative estimate of drug-likeness (QED) is 0.656. The molecule has 0 atom stereocenters. The molecule has 0 aliphatic heterocycles. The zero-order valence-corrected chi connectivity index (χ0v) is 7.58. The molecule has 15 heavy (non-hydrogen) atoms. The Morgan fingerprint density at radius 3 is 2.80 bits per heavy atom. The highest BCUT2D eigenvalue weighted by molar-refractivity contribution is 5.93. The van der Waals surface area contributed by atoms with Gasteiger partial charge in [-0.05, 0) is 12.1 Å². The average molecular weight is 208 g/mol. The van der Waals surface area contributed by atoms with Gasteiger partial charge in [0.15, 0.2) is 5.69 Å². The van der Waals surface area contributed by atoms with Crippen LogP contribution in [0.25, 0.3) is 5.52 Å². The second kappa shape index (κ2) is 3.25. The van der Waals surface area contributed by atoms with Crippen molar-refractivity contribution in [2.75, 3.05) is 0 Å². The van der Waals surface area contributed by atoms with Crippen molar-refractivity contribution < 1.29 is 20.1 Å². The third-order valence-corrected chi connectivity index (χ3v) is 2.04. The van der Waals surface area contributed by atoms with Gasteiger partial charge in [0, 0.05) is 0 Å².